The second-order valence-corrected chi connectivity index (χ2v) is 6.40. The standard InChI is InChI=1S/C14H12BrClN2OS/c15-9-1-4-11(5-2-9)20-8-14(19)18-13-7-10(17)3-6-12(13)16/h1-7H,8,17H2,(H,18,19). The number of carbonyl (C=O) groups is 1. The number of benzene rings is 2. The number of amides is 1. The van der Waals surface area contributed by atoms with Crippen LogP contribution < -0.4 is 11.1 Å². The lowest BCUT2D eigenvalue weighted by atomic mass is 10.3. The molecule has 0 radical (unpaired) electrons. The Morgan fingerprint density at radius 1 is 1.25 bits per heavy atom. The maximum atomic E-state index is 11.9. The first-order valence-electron chi connectivity index (χ1n) is 5.78. The van der Waals surface area contributed by atoms with Crippen molar-refractivity contribution in [2.24, 2.45) is 0 Å². The molecule has 0 aliphatic rings. The summed E-state index contributed by atoms with van der Waals surface area (Å²) in [6.45, 7) is 0. The molecule has 0 saturated heterocycles. The van der Waals surface area contributed by atoms with E-state index in [9.17, 15) is 4.79 Å². The molecule has 1 amide bonds. The Morgan fingerprint density at radius 2 is 1.95 bits per heavy atom. The van der Waals surface area contributed by atoms with Crippen LogP contribution in [0.5, 0.6) is 0 Å². The van der Waals surface area contributed by atoms with Crippen molar-refractivity contribution in [1.82, 2.24) is 0 Å². The number of anilines is 2. The first-order chi connectivity index (χ1) is 9.54. The summed E-state index contributed by atoms with van der Waals surface area (Å²) in [6.07, 6.45) is 0. The van der Waals surface area contributed by atoms with E-state index in [1.165, 1.54) is 11.8 Å². The van der Waals surface area contributed by atoms with E-state index < -0.39 is 0 Å². The van der Waals surface area contributed by atoms with E-state index in [2.05, 4.69) is 21.2 Å². The number of thioether (sulfide) groups is 1. The minimum absolute atomic E-state index is 0.120. The quantitative estimate of drug-likeness (QED) is 0.618. The molecule has 0 aromatic heterocycles. The number of halogens is 2. The highest BCUT2D eigenvalue weighted by atomic mass is 79.9. The number of nitrogens with one attached hydrogen (secondary N) is 1. The number of nitrogen functional groups attached to an aromatic ring is 1. The molecule has 104 valence electrons. The summed E-state index contributed by atoms with van der Waals surface area (Å²) in [4.78, 5) is 12.9. The summed E-state index contributed by atoms with van der Waals surface area (Å²) >= 11 is 10.8. The van der Waals surface area contributed by atoms with Gasteiger partial charge in [-0.05, 0) is 42.5 Å². The number of hydrogen-bond donors (Lipinski definition) is 2. The minimum Gasteiger partial charge on any atom is -0.399 e. The predicted octanol–water partition coefficient (Wildman–Crippen LogP) is 4.42. The third kappa shape index (κ3) is 4.44. The molecular weight excluding hydrogens is 360 g/mol. The molecule has 2 aromatic rings. The SMILES string of the molecule is Nc1ccc(Cl)c(NC(=O)CSc2ccc(Br)cc2)c1. The van der Waals surface area contributed by atoms with E-state index >= 15 is 0 Å². The number of carbonyl (C=O) groups excluding carboxylic acids is 1. The van der Waals surface area contributed by atoms with Crippen LogP contribution in [0.15, 0.2) is 51.8 Å². The van der Waals surface area contributed by atoms with Gasteiger partial charge in [0.25, 0.3) is 0 Å². The highest BCUT2D eigenvalue weighted by Crippen LogP contribution is 2.25. The van der Waals surface area contributed by atoms with Gasteiger partial charge in [0.15, 0.2) is 0 Å². The van der Waals surface area contributed by atoms with Crippen LogP contribution in [0.2, 0.25) is 5.02 Å². The normalized spacial score (nSPS) is 10.3. The fourth-order valence-corrected chi connectivity index (χ4v) is 2.63. The smallest absolute Gasteiger partial charge is 0.234 e. The first-order valence-corrected chi connectivity index (χ1v) is 7.93. The largest absolute Gasteiger partial charge is 0.399 e. The third-order valence-electron chi connectivity index (χ3n) is 2.45. The number of nitrogens with two attached hydrogens (primary N) is 1. The van der Waals surface area contributed by atoms with Gasteiger partial charge in [0, 0.05) is 15.1 Å². The van der Waals surface area contributed by atoms with Gasteiger partial charge in [-0.2, -0.15) is 0 Å². The van der Waals surface area contributed by atoms with Gasteiger partial charge < -0.3 is 11.1 Å². The van der Waals surface area contributed by atoms with Crippen LogP contribution in [0.25, 0.3) is 0 Å². The second-order valence-electron chi connectivity index (χ2n) is 4.03. The van der Waals surface area contributed by atoms with Crippen molar-refractivity contribution in [2.75, 3.05) is 16.8 Å². The van der Waals surface area contributed by atoms with Gasteiger partial charge in [-0.1, -0.05) is 27.5 Å². The molecule has 0 saturated carbocycles. The maximum Gasteiger partial charge on any atom is 0.234 e. The highest BCUT2D eigenvalue weighted by Gasteiger charge is 2.07. The number of rotatable bonds is 4. The van der Waals surface area contributed by atoms with Crippen LogP contribution in [0.1, 0.15) is 0 Å². The lowest BCUT2D eigenvalue weighted by molar-refractivity contribution is -0.113. The molecular formula is C14H12BrClN2OS. The molecule has 0 bridgehead atoms. The zero-order valence-corrected chi connectivity index (χ0v) is 13.6. The molecule has 2 aromatic carbocycles. The summed E-state index contributed by atoms with van der Waals surface area (Å²) in [5, 5.41) is 3.23. The van der Waals surface area contributed by atoms with Crippen LogP contribution in [0, 0.1) is 0 Å². The van der Waals surface area contributed by atoms with Crippen molar-refractivity contribution < 1.29 is 4.79 Å². The van der Waals surface area contributed by atoms with Gasteiger partial charge in [0.2, 0.25) is 5.91 Å². The Balaban J connectivity index is 1.92. The molecule has 0 atom stereocenters. The first kappa shape index (κ1) is 15.2. The fourth-order valence-electron chi connectivity index (χ4n) is 1.50. The third-order valence-corrected chi connectivity index (χ3v) is 4.32. The Labute approximate surface area is 135 Å². The van der Waals surface area contributed by atoms with Crippen molar-refractivity contribution in [1.29, 1.82) is 0 Å². The number of hydrogen-bond acceptors (Lipinski definition) is 3. The molecule has 0 unspecified atom stereocenters. The zero-order chi connectivity index (χ0) is 14.5. The lowest BCUT2D eigenvalue weighted by Crippen LogP contribution is -2.14. The molecule has 0 aliphatic heterocycles. The van der Waals surface area contributed by atoms with Gasteiger partial charge in [0.1, 0.15) is 0 Å². The molecule has 2 rings (SSSR count). The molecule has 3 N–H and O–H groups in total. The molecule has 0 aliphatic carbocycles. The predicted molar refractivity (Wildman–Crippen MR) is 89.4 cm³/mol. The van der Waals surface area contributed by atoms with Crippen molar-refractivity contribution >= 4 is 56.6 Å². The average molecular weight is 372 g/mol. The van der Waals surface area contributed by atoms with Crippen LogP contribution in [-0.2, 0) is 4.79 Å². The molecule has 3 nitrogen and oxygen atoms in total. The van der Waals surface area contributed by atoms with E-state index in [0.29, 0.717) is 22.2 Å². The Morgan fingerprint density at radius 3 is 2.65 bits per heavy atom. The van der Waals surface area contributed by atoms with E-state index in [4.69, 9.17) is 17.3 Å². The summed E-state index contributed by atoms with van der Waals surface area (Å²) in [6, 6.07) is 12.8. The summed E-state index contributed by atoms with van der Waals surface area (Å²) < 4.78 is 1.01. The molecule has 20 heavy (non-hydrogen) atoms. The van der Waals surface area contributed by atoms with Gasteiger partial charge in [-0.15, -0.1) is 11.8 Å². The fraction of sp³-hybridized carbons (Fsp3) is 0.0714. The van der Waals surface area contributed by atoms with Crippen LogP contribution >= 0.6 is 39.3 Å². The minimum atomic E-state index is -0.120. The highest BCUT2D eigenvalue weighted by molar-refractivity contribution is 9.10. The Hall–Kier alpha value is -1.17. The Bertz CT molecular complexity index is 619. The molecule has 0 heterocycles. The van der Waals surface area contributed by atoms with E-state index in [0.717, 1.165) is 9.37 Å². The van der Waals surface area contributed by atoms with Crippen LogP contribution in [0.4, 0.5) is 11.4 Å². The second kappa shape index (κ2) is 7.02. The summed E-state index contributed by atoms with van der Waals surface area (Å²) in [7, 11) is 0. The zero-order valence-electron chi connectivity index (χ0n) is 10.4. The summed E-state index contributed by atoms with van der Waals surface area (Å²) in [5.41, 5.74) is 6.76. The molecule has 0 fully saturated rings. The summed E-state index contributed by atoms with van der Waals surface area (Å²) in [5.74, 6) is 0.192. The van der Waals surface area contributed by atoms with E-state index in [-0.39, 0.29) is 5.91 Å². The van der Waals surface area contributed by atoms with Crippen LogP contribution in [0.3, 0.4) is 0 Å². The van der Waals surface area contributed by atoms with Gasteiger partial charge >= 0.3 is 0 Å². The van der Waals surface area contributed by atoms with Gasteiger partial charge in [-0.25, -0.2) is 0 Å². The van der Waals surface area contributed by atoms with Crippen molar-refractivity contribution in [2.45, 2.75) is 4.90 Å². The van der Waals surface area contributed by atoms with Gasteiger partial charge in [-0.3, -0.25) is 4.79 Å². The monoisotopic (exact) mass is 370 g/mol. The average Bonchev–Trinajstić information content (AvgIpc) is 2.42. The topological polar surface area (TPSA) is 55.1 Å². The lowest BCUT2D eigenvalue weighted by Gasteiger charge is -2.08. The Kier molecular flexibility index (Phi) is 5.34. The van der Waals surface area contributed by atoms with E-state index in [1.807, 2.05) is 24.3 Å². The van der Waals surface area contributed by atoms with Crippen LogP contribution in [-0.4, -0.2) is 11.7 Å². The molecule has 0 spiro atoms. The van der Waals surface area contributed by atoms with E-state index in [1.54, 1.807) is 18.2 Å². The molecule has 6 heteroatoms. The van der Waals surface area contributed by atoms with Gasteiger partial charge in [0.05, 0.1) is 16.5 Å². The van der Waals surface area contributed by atoms with Crippen molar-refractivity contribution in [3.05, 3.63) is 52.0 Å². The van der Waals surface area contributed by atoms with Crippen molar-refractivity contribution in [3.63, 3.8) is 0 Å². The maximum absolute atomic E-state index is 11.9. The van der Waals surface area contributed by atoms with Crippen molar-refractivity contribution in [3.8, 4) is 0 Å².